The van der Waals surface area contributed by atoms with Gasteiger partial charge in [0.1, 0.15) is 0 Å². The van der Waals surface area contributed by atoms with Gasteiger partial charge in [0.25, 0.3) is 5.56 Å². The quantitative estimate of drug-likeness (QED) is 0.773. The minimum Gasteiger partial charge on any atom is -0.314 e. The summed E-state index contributed by atoms with van der Waals surface area (Å²) < 4.78 is 1.70. The Kier molecular flexibility index (Phi) is 5.56. The largest absolute Gasteiger partial charge is 0.314 e. The van der Waals surface area contributed by atoms with Crippen LogP contribution in [0.4, 0.5) is 0 Å². The highest BCUT2D eigenvalue weighted by Crippen LogP contribution is 2.03. The number of nitrogens with one attached hydrogen (secondary N) is 1. The molecule has 0 aliphatic heterocycles. The molecular weight excluding hydrogens is 224 g/mol. The van der Waals surface area contributed by atoms with Gasteiger partial charge in [-0.2, -0.15) is 0 Å². The molecule has 0 aromatic carbocycles. The monoisotopic (exact) mass is 242 g/mol. The van der Waals surface area contributed by atoms with Gasteiger partial charge in [-0.3, -0.25) is 4.79 Å². The summed E-state index contributed by atoms with van der Waals surface area (Å²) >= 11 is 5.90. The van der Waals surface area contributed by atoms with Gasteiger partial charge in [-0.15, -0.1) is 11.6 Å². The zero-order valence-corrected chi connectivity index (χ0v) is 10.6. The van der Waals surface area contributed by atoms with Gasteiger partial charge in [-0.05, 0) is 26.3 Å². The summed E-state index contributed by atoms with van der Waals surface area (Å²) in [5.74, 6) is 0. The molecule has 0 aliphatic carbocycles. The predicted octanol–water partition coefficient (Wildman–Crippen LogP) is 1.84. The molecule has 1 rings (SSSR count). The lowest BCUT2D eigenvalue weighted by atomic mass is 10.2. The Labute approximate surface area is 101 Å². The fourth-order valence-corrected chi connectivity index (χ4v) is 1.91. The highest BCUT2D eigenvalue weighted by atomic mass is 35.5. The first-order valence-electron chi connectivity index (χ1n) is 5.62. The van der Waals surface area contributed by atoms with Crippen LogP contribution < -0.4 is 10.9 Å². The maximum atomic E-state index is 11.4. The molecule has 2 atom stereocenters. The van der Waals surface area contributed by atoms with Crippen LogP contribution in [0.1, 0.15) is 20.3 Å². The lowest BCUT2D eigenvalue weighted by Crippen LogP contribution is -2.33. The fourth-order valence-electron chi connectivity index (χ4n) is 1.65. The number of aromatic nitrogens is 1. The van der Waals surface area contributed by atoms with E-state index >= 15 is 0 Å². The van der Waals surface area contributed by atoms with Crippen LogP contribution in [0, 0.1) is 0 Å². The van der Waals surface area contributed by atoms with E-state index < -0.39 is 0 Å². The van der Waals surface area contributed by atoms with Gasteiger partial charge in [0.2, 0.25) is 0 Å². The van der Waals surface area contributed by atoms with E-state index in [-0.39, 0.29) is 10.9 Å². The Hall–Kier alpha value is -0.800. The summed E-state index contributed by atoms with van der Waals surface area (Å²) in [6, 6.07) is 5.58. The molecule has 0 saturated carbocycles. The number of alkyl halides is 1. The Morgan fingerprint density at radius 1 is 1.44 bits per heavy atom. The molecule has 0 aliphatic rings. The smallest absolute Gasteiger partial charge is 0.250 e. The molecule has 0 fully saturated rings. The molecule has 0 radical (unpaired) electrons. The molecule has 2 unspecified atom stereocenters. The number of halogens is 1. The summed E-state index contributed by atoms with van der Waals surface area (Å²) in [7, 11) is 0. The summed E-state index contributed by atoms with van der Waals surface area (Å²) in [4.78, 5) is 11.4. The lowest BCUT2D eigenvalue weighted by Gasteiger charge is -2.15. The van der Waals surface area contributed by atoms with E-state index in [9.17, 15) is 4.79 Å². The first-order chi connectivity index (χ1) is 7.59. The fraction of sp³-hybridized carbons (Fsp3) is 0.583. The van der Waals surface area contributed by atoms with E-state index in [0.717, 1.165) is 13.0 Å². The Bertz CT molecular complexity index is 362. The van der Waals surface area contributed by atoms with Gasteiger partial charge >= 0.3 is 0 Å². The number of nitrogens with zero attached hydrogens (tertiary/aromatic N) is 1. The van der Waals surface area contributed by atoms with E-state index in [1.165, 1.54) is 0 Å². The second kappa shape index (κ2) is 6.71. The third-order valence-electron chi connectivity index (χ3n) is 2.42. The van der Waals surface area contributed by atoms with Gasteiger partial charge in [-0.1, -0.05) is 6.07 Å². The number of hydrogen-bond donors (Lipinski definition) is 1. The van der Waals surface area contributed by atoms with Gasteiger partial charge in [0, 0.05) is 36.8 Å². The number of rotatable bonds is 6. The van der Waals surface area contributed by atoms with E-state index in [2.05, 4.69) is 12.2 Å². The van der Waals surface area contributed by atoms with Crippen LogP contribution in [0.15, 0.2) is 29.2 Å². The molecule has 1 aromatic heterocycles. The second-order valence-electron chi connectivity index (χ2n) is 4.10. The van der Waals surface area contributed by atoms with Crippen molar-refractivity contribution < 1.29 is 0 Å². The van der Waals surface area contributed by atoms with Crippen LogP contribution in [-0.4, -0.2) is 22.5 Å². The first kappa shape index (κ1) is 13.3. The third-order valence-corrected chi connectivity index (χ3v) is 2.60. The van der Waals surface area contributed by atoms with Gasteiger partial charge in [0.15, 0.2) is 0 Å². The van der Waals surface area contributed by atoms with Gasteiger partial charge in [-0.25, -0.2) is 0 Å². The number of hydrogen-bond acceptors (Lipinski definition) is 2. The SMILES string of the molecule is CC(Cl)CC(C)NCCn1ccccc1=O. The van der Waals surface area contributed by atoms with Crippen LogP contribution in [0.3, 0.4) is 0 Å². The molecule has 0 spiro atoms. The van der Waals surface area contributed by atoms with Gasteiger partial charge < -0.3 is 9.88 Å². The Morgan fingerprint density at radius 2 is 2.19 bits per heavy atom. The molecule has 1 aromatic rings. The van der Waals surface area contributed by atoms with Crippen molar-refractivity contribution in [2.45, 2.75) is 38.2 Å². The van der Waals surface area contributed by atoms with Crippen molar-refractivity contribution in [1.29, 1.82) is 0 Å². The Morgan fingerprint density at radius 3 is 2.81 bits per heavy atom. The van der Waals surface area contributed by atoms with Crippen LogP contribution in [0.2, 0.25) is 0 Å². The molecular formula is C12H19ClN2O. The van der Waals surface area contributed by atoms with E-state index in [1.54, 1.807) is 22.9 Å². The molecule has 16 heavy (non-hydrogen) atoms. The average molecular weight is 243 g/mol. The van der Waals surface area contributed by atoms with Crippen LogP contribution in [0.25, 0.3) is 0 Å². The van der Waals surface area contributed by atoms with Gasteiger partial charge in [0.05, 0.1) is 0 Å². The van der Waals surface area contributed by atoms with Crippen molar-refractivity contribution in [3.63, 3.8) is 0 Å². The Balaban J connectivity index is 2.31. The summed E-state index contributed by atoms with van der Waals surface area (Å²) in [5.41, 5.74) is 0.0441. The van der Waals surface area contributed by atoms with E-state index in [4.69, 9.17) is 11.6 Å². The molecule has 90 valence electrons. The summed E-state index contributed by atoms with van der Waals surface area (Å²) in [6.07, 6.45) is 2.74. The molecule has 4 heteroatoms. The minimum atomic E-state index is 0.0441. The van der Waals surface area contributed by atoms with Crippen molar-refractivity contribution in [3.8, 4) is 0 Å². The highest BCUT2D eigenvalue weighted by Gasteiger charge is 2.04. The van der Waals surface area contributed by atoms with Crippen molar-refractivity contribution in [3.05, 3.63) is 34.7 Å². The lowest BCUT2D eigenvalue weighted by molar-refractivity contribution is 0.484. The average Bonchev–Trinajstić information content (AvgIpc) is 2.19. The number of pyridine rings is 1. The zero-order valence-electron chi connectivity index (χ0n) is 9.82. The molecule has 0 amide bonds. The third kappa shape index (κ3) is 4.81. The molecule has 1 heterocycles. The van der Waals surface area contributed by atoms with Crippen molar-refractivity contribution in [2.24, 2.45) is 0 Å². The standard InChI is InChI=1S/C12H19ClN2O/c1-10(13)9-11(2)14-6-8-15-7-4-3-5-12(15)16/h3-5,7,10-11,14H,6,8-9H2,1-2H3. The molecule has 1 N–H and O–H groups in total. The van der Waals surface area contributed by atoms with Crippen molar-refractivity contribution in [1.82, 2.24) is 9.88 Å². The van der Waals surface area contributed by atoms with E-state index in [0.29, 0.717) is 12.6 Å². The minimum absolute atomic E-state index is 0.0441. The normalized spacial score (nSPS) is 14.7. The molecule has 0 bridgehead atoms. The van der Waals surface area contributed by atoms with Crippen molar-refractivity contribution in [2.75, 3.05) is 6.54 Å². The van der Waals surface area contributed by atoms with Crippen LogP contribution in [-0.2, 0) is 6.54 Å². The van der Waals surface area contributed by atoms with Crippen molar-refractivity contribution >= 4 is 11.6 Å². The van der Waals surface area contributed by atoms with Crippen LogP contribution in [0.5, 0.6) is 0 Å². The molecule has 3 nitrogen and oxygen atoms in total. The maximum absolute atomic E-state index is 11.4. The molecule has 0 saturated heterocycles. The van der Waals surface area contributed by atoms with E-state index in [1.807, 2.05) is 13.0 Å². The first-order valence-corrected chi connectivity index (χ1v) is 6.06. The summed E-state index contributed by atoms with van der Waals surface area (Å²) in [6.45, 7) is 5.57. The summed E-state index contributed by atoms with van der Waals surface area (Å²) in [5, 5.41) is 3.53. The highest BCUT2D eigenvalue weighted by molar-refractivity contribution is 6.20. The topological polar surface area (TPSA) is 34.0 Å². The predicted molar refractivity (Wildman–Crippen MR) is 68.1 cm³/mol. The van der Waals surface area contributed by atoms with Crippen LogP contribution >= 0.6 is 11.6 Å². The maximum Gasteiger partial charge on any atom is 0.250 e. The second-order valence-corrected chi connectivity index (χ2v) is 4.85. The zero-order chi connectivity index (χ0) is 12.0.